The van der Waals surface area contributed by atoms with Crippen molar-refractivity contribution in [2.75, 3.05) is 7.05 Å². The Morgan fingerprint density at radius 2 is 2.29 bits per heavy atom. The number of halogens is 1. The van der Waals surface area contributed by atoms with E-state index < -0.39 is 0 Å². The molecule has 0 saturated heterocycles. The van der Waals surface area contributed by atoms with E-state index in [-0.39, 0.29) is 0 Å². The molecule has 0 unspecified atom stereocenters. The smallest absolute Gasteiger partial charge is 0.0830 e. The predicted molar refractivity (Wildman–Crippen MR) is 40.0 cm³/mol. The molecule has 0 radical (unpaired) electrons. The van der Waals surface area contributed by atoms with Gasteiger partial charge in [-0.05, 0) is 29.5 Å². The third-order valence-corrected chi connectivity index (χ3v) is 1.39. The second-order valence-electron chi connectivity index (χ2n) is 1.01. The Balaban J connectivity index is 3.17. The Kier molecular flexibility index (Phi) is 4.53. The second kappa shape index (κ2) is 4.39. The van der Waals surface area contributed by atoms with E-state index in [1.807, 2.05) is 20.0 Å². The average molecular weight is 212 g/mol. The van der Waals surface area contributed by atoms with E-state index in [1.54, 1.807) is 0 Å². The van der Waals surface area contributed by atoms with Crippen LogP contribution in [0.4, 0.5) is 0 Å². The molecule has 0 amide bonds. The number of rotatable bonds is 2. The zero-order chi connectivity index (χ0) is 5.70. The number of hydrogen-bond acceptors (Lipinski definition) is 2. The van der Waals surface area contributed by atoms with Crippen molar-refractivity contribution in [2.24, 2.45) is 0 Å². The molecule has 2 N–H and O–H groups in total. The Morgan fingerprint density at radius 1 is 1.71 bits per heavy atom. The van der Waals surface area contributed by atoms with E-state index >= 15 is 0 Å². The van der Waals surface area contributed by atoms with Crippen molar-refractivity contribution in [3.63, 3.8) is 0 Å². The van der Waals surface area contributed by atoms with Gasteiger partial charge in [0.15, 0.2) is 0 Å². The zero-order valence-corrected chi connectivity index (χ0v) is 6.61. The molecule has 0 aromatic heterocycles. The molecule has 0 spiro atoms. The summed E-state index contributed by atoms with van der Waals surface area (Å²) >= 11 is 2.19. The summed E-state index contributed by atoms with van der Waals surface area (Å²) in [6.07, 6.45) is 1.98. The molecule has 0 heterocycles. The topological polar surface area (TPSA) is 24.1 Å². The Bertz CT molecular complexity index is 70.1. The first kappa shape index (κ1) is 7.23. The van der Waals surface area contributed by atoms with Crippen molar-refractivity contribution in [1.82, 2.24) is 10.9 Å². The first-order valence-electron chi connectivity index (χ1n) is 2.06. The third kappa shape index (κ3) is 4.08. The first-order valence-corrected chi connectivity index (χ1v) is 3.13. The molecule has 0 atom stereocenters. The molecule has 0 rings (SSSR count). The van der Waals surface area contributed by atoms with Crippen molar-refractivity contribution in [3.8, 4) is 0 Å². The third-order valence-electron chi connectivity index (χ3n) is 0.498. The van der Waals surface area contributed by atoms with Crippen molar-refractivity contribution in [2.45, 2.75) is 6.92 Å². The van der Waals surface area contributed by atoms with Gasteiger partial charge in [-0.3, -0.25) is 0 Å². The fourth-order valence-corrected chi connectivity index (χ4v) is 0.461. The van der Waals surface area contributed by atoms with Crippen molar-refractivity contribution < 1.29 is 0 Å². The molecule has 3 heteroatoms. The standard InChI is InChI=1S/C4H9IN2/c1-3-4(5)7-6-2/h3,6-7H,1-2H3/b4-3-. The molecule has 42 valence electrons. The molecule has 0 fully saturated rings. The predicted octanol–water partition coefficient (Wildman–Crippen LogP) is 1.01. The monoisotopic (exact) mass is 212 g/mol. The summed E-state index contributed by atoms with van der Waals surface area (Å²) in [5, 5.41) is 0. The van der Waals surface area contributed by atoms with Gasteiger partial charge < -0.3 is 5.43 Å². The summed E-state index contributed by atoms with van der Waals surface area (Å²) < 4.78 is 1.11. The van der Waals surface area contributed by atoms with Gasteiger partial charge in [-0.2, -0.15) is 0 Å². The largest absolute Gasteiger partial charge is 0.317 e. The van der Waals surface area contributed by atoms with Crippen LogP contribution in [0.25, 0.3) is 0 Å². The van der Waals surface area contributed by atoms with Crippen molar-refractivity contribution >= 4 is 22.6 Å². The SMILES string of the molecule is C/C=C(/I)NNC. The molecule has 2 nitrogen and oxygen atoms in total. The van der Waals surface area contributed by atoms with Crippen molar-refractivity contribution in [1.29, 1.82) is 0 Å². The van der Waals surface area contributed by atoms with Crippen LogP contribution in [0.2, 0.25) is 0 Å². The lowest BCUT2D eigenvalue weighted by Crippen LogP contribution is -2.23. The normalized spacial score (nSPS) is 11.6. The molecule has 0 aliphatic carbocycles. The molecule has 0 aromatic carbocycles. The number of hydrogen-bond donors (Lipinski definition) is 2. The minimum atomic E-state index is 1.11. The minimum absolute atomic E-state index is 1.11. The Labute approximate surface area is 57.5 Å². The van der Waals surface area contributed by atoms with Crippen LogP contribution in [0, 0.1) is 0 Å². The van der Waals surface area contributed by atoms with Gasteiger partial charge in [0.05, 0.1) is 3.70 Å². The van der Waals surface area contributed by atoms with Crippen LogP contribution in [0.5, 0.6) is 0 Å². The fourth-order valence-electron chi connectivity index (χ4n) is 0.192. The van der Waals surface area contributed by atoms with Crippen LogP contribution >= 0.6 is 22.6 Å². The summed E-state index contributed by atoms with van der Waals surface area (Å²) in [4.78, 5) is 0. The van der Waals surface area contributed by atoms with Gasteiger partial charge in [-0.1, -0.05) is 6.08 Å². The lowest BCUT2D eigenvalue weighted by Gasteiger charge is -1.97. The highest BCUT2D eigenvalue weighted by molar-refractivity contribution is 14.1. The van der Waals surface area contributed by atoms with Crippen LogP contribution in [0.3, 0.4) is 0 Å². The maximum Gasteiger partial charge on any atom is 0.0830 e. The van der Waals surface area contributed by atoms with E-state index in [9.17, 15) is 0 Å². The van der Waals surface area contributed by atoms with Crippen LogP contribution in [-0.2, 0) is 0 Å². The quantitative estimate of drug-likeness (QED) is 0.405. The molecular formula is C4H9IN2. The fraction of sp³-hybridized carbons (Fsp3) is 0.500. The van der Waals surface area contributed by atoms with Crippen LogP contribution < -0.4 is 10.9 Å². The number of allylic oxidation sites excluding steroid dienone is 1. The second-order valence-corrected chi connectivity index (χ2v) is 2.17. The van der Waals surface area contributed by atoms with Crippen LogP contribution in [0.15, 0.2) is 9.78 Å². The summed E-state index contributed by atoms with van der Waals surface area (Å²) in [5.74, 6) is 0. The van der Waals surface area contributed by atoms with E-state index in [2.05, 4.69) is 33.4 Å². The maximum atomic E-state index is 2.89. The number of nitrogens with one attached hydrogen (secondary N) is 2. The maximum absolute atomic E-state index is 2.89. The van der Waals surface area contributed by atoms with Gasteiger partial charge in [0, 0.05) is 7.05 Å². The summed E-state index contributed by atoms with van der Waals surface area (Å²) in [5.41, 5.74) is 5.69. The van der Waals surface area contributed by atoms with Gasteiger partial charge in [-0.25, -0.2) is 5.43 Å². The van der Waals surface area contributed by atoms with E-state index in [4.69, 9.17) is 0 Å². The Hall–Kier alpha value is 0.230. The van der Waals surface area contributed by atoms with Gasteiger partial charge in [-0.15, -0.1) is 0 Å². The van der Waals surface area contributed by atoms with Gasteiger partial charge >= 0.3 is 0 Å². The van der Waals surface area contributed by atoms with E-state index in [1.165, 1.54) is 0 Å². The molecule has 0 aliphatic rings. The van der Waals surface area contributed by atoms with E-state index in [0.717, 1.165) is 3.70 Å². The number of hydrazine groups is 1. The lowest BCUT2D eigenvalue weighted by molar-refractivity contribution is 0.725. The molecule has 0 saturated carbocycles. The molecule has 7 heavy (non-hydrogen) atoms. The Morgan fingerprint density at radius 3 is 2.43 bits per heavy atom. The van der Waals surface area contributed by atoms with Crippen LogP contribution in [-0.4, -0.2) is 7.05 Å². The highest BCUT2D eigenvalue weighted by Gasteiger charge is 1.77. The molecule has 0 aliphatic heterocycles. The minimum Gasteiger partial charge on any atom is -0.317 e. The highest BCUT2D eigenvalue weighted by atomic mass is 127. The lowest BCUT2D eigenvalue weighted by atomic mass is 10.7. The molecular weight excluding hydrogens is 203 g/mol. The van der Waals surface area contributed by atoms with Gasteiger partial charge in [0.1, 0.15) is 0 Å². The van der Waals surface area contributed by atoms with Gasteiger partial charge in [0.2, 0.25) is 0 Å². The summed E-state index contributed by atoms with van der Waals surface area (Å²) in [7, 11) is 1.84. The van der Waals surface area contributed by atoms with Crippen LogP contribution in [0.1, 0.15) is 6.92 Å². The van der Waals surface area contributed by atoms with Crippen molar-refractivity contribution in [3.05, 3.63) is 9.78 Å². The molecule has 0 bridgehead atoms. The highest BCUT2D eigenvalue weighted by Crippen LogP contribution is 1.95. The average Bonchev–Trinajstić information content (AvgIpc) is 1.68. The van der Waals surface area contributed by atoms with E-state index in [0.29, 0.717) is 0 Å². The zero-order valence-electron chi connectivity index (χ0n) is 4.46. The molecule has 0 aromatic rings. The summed E-state index contributed by atoms with van der Waals surface area (Å²) in [6.45, 7) is 1.98. The first-order chi connectivity index (χ1) is 3.31. The van der Waals surface area contributed by atoms with Gasteiger partial charge in [0.25, 0.3) is 0 Å². The summed E-state index contributed by atoms with van der Waals surface area (Å²) in [6, 6.07) is 0.